The topological polar surface area (TPSA) is 176 Å². The molecule has 2 aromatic heterocycles. The van der Waals surface area contributed by atoms with Gasteiger partial charge in [-0.05, 0) is 156 Å². The van der Waals surface area contributed by atoms with Crippen molar-refractivity contribution >= 4 is 17.8 Å². The lowest BCUT2D eigenvalue weighted by Gasteiger charge is -2.32. The minimum Gasteiger partial charge on any atom is -0.494 e. The largest absolute Gasteiger partial charge is 0.494 e. The highest BCUT2D eigenvalue weighted by molar-refractivity contribution is 5.80. The van der Waals surface area contributed by atoms with Crippen molar-refractivity contribution in [2.24, 2.45) is 11.7 Å². The zero-order valence-corrected chi connectivity index (χ0v) is 40.5. The number of imidazole rings is 2. The highest BCUT2D eigenvalue weighted by atomic mass is 16.5. The first-order chi connectivity index (χ1) is 33.5. The fourth-order valence-electron chi connectivity index (χ4n) is 7.68. The molecule has 0 saturated carbocycles. The van der Waals surface area contributed by atoms with Crippen LogP contribution in [0.25, 0.3) is 0 Å². The van der Waals surface area contributed by atoms with Gasteiger partial charge in [-0.2, -0.15) is 0 Å². The Morgan fingerprint density at radius 1 is 0.594 bits per heavy atom. The lowest BCUT2D eigenvalue weighted by atomic mass is 9.91. The van der Waals surface area contributed by atoms with Crippen molar-refractivity contribution in [2.75, 3.05) is 52.6 Å². The molecule has 15 heteroatoms. The molecule has 15 nitrogen and oxygen atoms in total. The molecule has 0 bridgehead atoms. The molecule has 368 valence electrons. The highest BCUT2D eigenvalue weighted by Gasteiger charge is 2.22. The molecule has 2 aliphatic rings. The fourth-order valence-corrected chi connectivity index (χ4v) is 7.68. The molecule has 0 amide bonds. The first-order valence-corrected chi connectivity index (χ1v) is 23.7. The van der Waals surface area contributed by atoms with Crippen LogP contribution in [0.3, 0.4) is 0 Å². The van der Waals surface area contributed by atoms with Crippen LogP contribution < -0.4 is 24.7 Å². The summed E-state index contributed by atoms with van der Waals surface area (Å²) in [7, 11) is 0. The van der Waals surface area contributed by atoms with E-state index >= 15 is 0 Å². The summed E-state index contributed by atoms with van der Waals surface area (Å²) in [5.41, 5.74) is 11.5. The molecule has 2 saturated heterocycles. The number of nitrogens with two attached hydrogens (primary N) is 1. The Hall–Kier alpha value is -6.81. The second kappa shape index (κ2) is 29.2. The quantitative estimate of drug-likeness (QED) is 0.0943. The Bertz CT molecular complexity index is 2340. The molecule has 2 fully saturated rings. The summed E-state index contributed by atoms with van der Waals surface area (Å²) in [6, 6.07) is 31.7. The monoisotopic (exact) mass is 944 g/mol. The third kappa shape index (κ3) is 19.4. The number of carbonyl (C=O) groups is 3. The summed E-state index contributed by atoms with van der Waals surface area (Å²) in [5.74, 6) is 2.48. The Kier molecular flexibility index (Phi) is 22.5. The van der Waals surface area contributed by atoms with E-state index in [0.29, 0.717) is 43.1 Å². The number of rotatable bonds is 16. The van der Waals surface area contributed by atoms with E-state index in [4.69, 9.17) is 29.8 Å². The van der Waals surface area contributed by atoms with Crippen LogP contribution in [-0.2, 0) is 22.7 Å². The maximum Gasteiger partial charge on any atom is 0.341 e. The average molecular weight is 944 g/mol. The molecule has 8 rings (SSSR count). The second-order valence-corrected chi connectivity index (χ2v) is 16.9. The van der Waals surface area contributed by atoms with Gasteiger partial charge in [0.1, 0.15) is 42.3 Å². The second-order valence-electron chi connectivity index (χ2n) is 16.9. The first-order valence-electron chi connectivity index (χ1n) is 23.7. The summed E-state index contributed by atoms with van der Waals surface area (Å²) in [4.78, 5) is 46.4. The summed E-state index contributed by atoms with van der Waals surface area (Å²) in [6.45, 7) is 15.8. The van der Waals surface area contributed by atoms with Crippen molar-refractivity contribution in [3.8, 4) is 23.0 Å². The molecule has 4 aromatic carbocycles. The Labute approximate surface area is 406 Å². The van der Waals surface area contributed by atoms with E-state index in [1.807, 2.05) is 38.1 Å². The van der Waals surface area contributed by atoms with E-state index in [9.17, 15) is 14.4 Å². The molecule has 0 spiro atoms. The number of nitrogens with zero attached hydrogens (tertiary/aromatic N) is 6. The maximum atomic E-state index is 12.3. The molecule has 6 aromatic rings. The van der Waals surface area contributed by atoms with Gasteiger partial charge in [0.15, 0.2) is 12.4 Å². The number of benzene rings is 4. The van der Waals surface area contributed by atoms with Crippen LogP contribution in [0.4, 0.5) is 4.79 Å². The van der Waals surface area contributed by atoms with Crippen LogP contribution >= 0.6 is 0 Å². The number of carboxylic acids is 1. The third-order valence-electron chi connectivity index (χ3n) is 11.6. The van der Waals surface area contributed by atoms with Crippen molar-refractivity contribution in [1.82, 2.24) is 28.9 Å². The number of hydrogen-bond acceptors (Lipinski definition) is 12. The lowest BCUT2D eigenvalue weighted by molar-refractivity contribution is -0.139. The molecule has 0 atom stereocenters. The van der Waals surface area contributed by atoms with Gasteiger partial charge in [-0.3, -0.25) is 23.7 Å². The number of ether oxygens (including phenoxy) is 4. The number of likely N-dealkylation sites (tertiary alicyclic amines) is 2. The van der Waals surface area contributed by atoms with E-state index in [-0.39, 0.29) is 25.0 Å². The van der Waals surface area contributed by atoms with Crippen LogP contribution in [-0.4, -0.2) is 110 Å². The summed E-state index contributed by atoms with van der Waals surface area (Å²) < 4.78 is 24.0. The molecule has 3 N–H and O–H groups in total. The van der Waals surface area contributed by atoms with Crippen LogP contribution in [0.5, 0.6) is 23.0 Å². The van der Waals surface area contributed by atoms with Gasteiger partial charge in [0, 0.05) is 50.3 Å². The van der Waals surface area contributed by atoms with Crippen molar-refractivity contribution in [3.63, 3.8) is 0 Å². The van der Waals surface area contributed by atoms with E-state index < -0.39 is 5.97 Å². The molecule has 2 aliphatic heterocycles. The number of carboxylic acid groups (broad SMARTS) is 1. The Morgan fingerprint density at radius 2 is 1.00 bits per heavy atom. The van der Waals surface area contributed by atoms with Crippen molar-refractivity contribution in [3.05, 3.63) is 157 Å². The minimum atomic E-state index is -0.987. The predicted octanol–water partition coefficient (Wildman–Crippen LogP) is 8.71. The molecular weight excluding hydrogens is 875 g/mol. The van der Waals surface area contributed by atoms with Crippen LogP contribution in [0, 0.1) is 19.8 Å². The maximum absolute atomic E-state index is 12.3. The Morgan fingerprint density at radius 3 is 1.39 bits per heavy atom. The molecule has 69 heavy (non-hydrogen) atoms. The average Bonchev–Trinajstić information content (AvgIpc) is 4.12. The lowest BCUT2D eigenvalue weighted by Crippen LogP contribution is -2.39. The minimum absolute atomic E-state index is 0.150. The van der Waals surface area contributed by atoms with Gasteiger partial charge in [0.25, 0.3) is 0 Å². The van der Waals surface area contributed by atoms with E-state index in [1.54, 1.807) is 49.1 Å². The molecule has 0 unspecified atom stereocenters. The van der Waals surface area contributed by atoms with E-state index in [1.165, 1.54) is 44.0 Å². The van der Waals surface area contributed by atoms with Gasteiger partial charge in [-0.15, -0.1) is 0 Å². The van der Waals surface area contributed by atoms with Crippen molar-refractivity contribution in [1.29, 1.82) is 0 Å². The number of carbonyl (C=O) groups excluding carboxylic acids is 2. The van der Waals surface area contributed by atoms with Gasteiger partial charge in [-0.1, -0.05) is 48.5 Å². The van der Waals surface area contributed by atoms with Gasteiger partial charge >= 0.3 is 12.0 Å². The number of hydrogen-bond donors (Lipinski definition) is 2. The molecule has 0 radical (unpaired) electrons. The first kappa shape index (κ1) is 53.1. The number of piperidine rings is 2. The van der Waals surface area contributed by atoms with Crippen molar-refractivity contribution < 1.29 is 38.4 Å². The van der Waals surface area contributed by atoms with Crippen LogP contribution in [0.15, 0.2) is 135 Å². The van der Waals surface area contributed by atoms with Gasteiger partial charge in [-0.25, -0.2) is 19.6 Å². The number of Topliss-reactive ketones (excluding diaryl/α,β-unsaturated/α-hetero) is 1. The van der Waals surface area contributed by atoms with E-state index in [2.05, 4.69) is 82.1 Å². The summed E-state index contributed by atoms with van der Waals surface area (Å²) >= 11 is 0. The number of aliphatic carboxylic acids is 1. The van der Waals surface area contributed by atoms with E-state index in [0.717, 1.165) is 76.5 Å². The molecule has 4 heterocycles. The van der Waals surface area contributed by atoms with Crippen LogP contribution in [0.1, 0.15) is 68.2 Å². The third-order valence-corrected chi connectivity index (χ3v) is 11.6. The standard InChI is InChI=1S/C24H31NO3.C13H20N2.C10H12O4.C7H6N4O/c1-3-27-23-8-10-24(11-9-23)28-18-22(26)16-20-12-14-25(15-13-20)17-21-7-5-4-6-19(21)2;1-11-4-2-3-5-12(11)10-15-8-6-13(14)7-9-15;1-2-13-8-3-5-9(6-4-8)14-7-10(11)12;12-7(10-3-1-8-5-10)11-4-2-9-6-11/h4-11,20H,3,12-18H2,1-2H3;2-5,13H,6-10,14H2,1H3;3-6H,2,7H2,1H3,(H,11,12);1-6H. The molecule has 0 aliphatic carbocycles. The predicted molar refractivity (Wildman–Crippen MR) is 267 cm³/mol. The summed E-state index contributed by atoms with van der Waals surface area (Å²) in [5, 5.41) is 8.36. The SMILES string of the molecule is CCOc1ccc(OCC(=O)CC2CCN(Cc3ccccc3C)CC2)cc1.CCOc1ccc(OCC(=O)O)cc1.Cc1ccccc1CN1CCC(N)CC1.O=C(n1ccnc1)n1ccnc1. The zero-order chi connectivity index (χ0) is 49.2. The fraction of sp³-hybridized carbons (Fsp3) is 0.389. The van der Waals surface area contributed by atoms with Gasteiger partial charge in [0.2, 0.25) is 0 Å². The highest BCUT2D eigenvalue weighted by Crippen LogP contribution is 2.24. The number of aryl methyl sites for hydroxylation is 2. The van der Waals surface area contributed by atoms with Gasteiger partial charge < -0.3 is 29.8 Å². The molecular formula is C54H69N7O8. The Balaban J connectivity index is 0.000000184. The number of aromatic nitrogens is 4. The zero-order valence-electron chi connectivity index (χ0n) is 40.5. The summed E-state index contributed by atoms with van der Waals surface area (Å²) in [6.07, 6.45) is 14.2. The smallest absolute Gasteiger partial charge is 0.341 e. The normalized spacial score (nSPS) is 14.1. The van der Waals surface area contributed by atoms with Crippen LogP contribution in [0.2, 0.25) is 0 Å². The van der Waals surface area contributed by atoms with Crippen molar-refractivity contribution in [2.45, 2.75) is 78.9 Å². The van der Waals surface area contributed by atoms with Gasteiger partial charge in [0.05, 0.1) is 13.2 Å². The number of ketones is 1.